The highest BCUT2D eigenvalue weighted by Gasteiger charge is 2.27. The second-order valence-corrected chi connectivity index (χ2v) is 6.57. The Morgan fingerprint density at radius 1 is 1.43 bits per heavy atom. The number of anilines is 2. The van der Waals surface area contributed by atoms with Crippen molar-refractivity contribution in [3.8, 4) is 0 Å². The molecule has 6 heteroatoms. The van der Waals surface area contributed by atoms with E-state index in [0.717, 1.165) is 30.1 Å². The Balaban J connectivity index is 2.39. The summed E-state index contributed by atoms with van der Waals surface area (Å²) < 4.78 is 10.6. The third kappa shape index (κ3) is 3.68. The Labute approximate surface area is 130 Å². The number of carbonyl (C=O) groups is 1. The Kier molecular flexibility index (Phi) is 5.47. The largest absolute Gasteiger partial charge is 0.462 e. The van der Waals surface area contributed by atoms with E-state index in [4.69, 9.17) is 15.2 Å². The normalized spacial score (nSPS) is 15.5. The first-order valence-corrected chi connectivity index (χ1v) is 8.27. The van der Waals surface area contributed by atoms with Crippen molar-refractivity contribution in [3.05, 3.63) is 11.1 Å². The fourth-order valence-electron chi connectivity index (χ4n) is 2.52. The van der Waals surface area contributed by atoms with Crippen LogP contribution in [0.2, 0.25) is 0 Å². The predicted octanol–water partition coefficient (Wildman–Crippen LogP) is 2.54. The fraction of sp³-hybridized carbons (Fsp3) is 0.667. The Morgan fingerprint density at radius 3 is 2.67 bits per heavy atom. The van der Waals surface area contributed by atoms with Gasteiger partial charge in [0.1, 0.15) is 5.00 Å². The Morgan fingerprint density at radius 2 is 2.10 bits per heavy atom. The monoisotopic (exact) mass is 312 g/mol. The summed E-state index contributed by atoms with van der Waals surface area (Å²) in [7, 11) is 0. The molecule has 1 aromatic rings. The molecular weight excluding hydrogens is 288 g/mol. The van der Waals surface area contributed by atoms with Gasteiger partial charge in [0.15, 0.2) is 0 Å². The second kappa shape index (κ2) is 7.13. The topological polar surface area (TPSA) is 64.8 Å². The van der Waals surface area contributed by atoms with Crippen molar-refractivity contribution < 1.29 is 14.3 Å². The number of ether oxygens (including phenoxy) is 2. The quantitative estimate of drug-likeness (QED) is 0.847. The summed E-state index contributed by atoms with van der Waals surface area (Å²) in [5, 5.41) is 1.66. The van der Waals surface area contributed by atoms with E-state index in [9.17, 15) is 4.79 Å². The molecule has 0 saturated carbocycles. The maximum Gasteiger partial charge on any atom is 0.341 e. The molecule has 21 heavy (non-hydrogen) atoms. The first-order chi connectivity index (χ1) is 10.0. The molecule has 2 rings (SSSR count). The number of hydrogen-bond acceptors (Lipinski definition) is 6. The first kappa shape index (κ1) is 16.1. The number of hydrogen-bond donors (Lipinski definition) is 1. The molecule has 1 aliphatic rings. The lowest BCUT2D eigenvalue weighted by Crippen LogP contribution is -2.36. The highest BCUT2D eigenvalue weighted by molar-refractivity contribution is 7.20. The van der Waals surface area contributed by atoms with Crippen molar-refractivity contribution in [1.29, 1.82) is 0 Å². The highest BCUT2D eigenvalue weighted by atomic mass is 32.1. The molecule has 1 aromatic heterocycles. The minimum atomic E-state index is -0.304. The van der Waals surface area contributed by atoms with Crippen LogP contribution in [-0.2, 0) is 15.9 Å². The van der Waals surface area contributed by atoms with Gasteiger partial charge in [-0.1, -0.05) is 13.8 Å². The molecule has 0 amide bonds. The summed E-state index contributed by atoms with van der Waals surface area (Å²) in [6.07, 6.45) is 0.828. The van der Waals surface area contributed by atoms with Crippen LogP contribution in [-0.4, -0.2) is 38.9 Å². The number of nitrogen functional groups attached to an aromatic ring is 1. The minimum Gasteiger partial charge on any atom is -0.462 e. The number of nitrogens with two attached hydrogens (primary N) is 1. The summed E-state index contributed by atoms with van der Waals surface area (Å²) in [6, 6.07) is 0. The van der Waals surface area contributed by atoms with Crippen LogP contribution >= 0.6 is 11.3 Å². The molecule has 1 aliphatic heterocycles. The zero-order valence-electron chi connectivity index (χ0n) is 13.0. The molecule has 0 unspecified atom stereocenters. The van der Waals surface area contributed by atoms with Crippen LogP contribution in [0.4, 0.5) is 10.0 Å². The third-order valence-corrected chi connectivity index (χ3v) is 4.53. The van der Waals surface area contributed by atoms with Crippen molar-refractivity contribution in [2.75, 3.05) is 43.5 Å². The summed E-state index contributed by atoms with van der Waals surface area (Å²) in [5.74, 6) is 0.147. The van der Waals surface area contributed by atoms with Gasteiger partial charge in [-0.15, -0.1) is 11.3 Å². The molecule has 5 nitrogen and oxygen atoms in total. The molecule has 0 bridgehead atoms. The summed E-state index contributed by atoms with van der Waals surface area (Å²) in [5.41, 5.74) is 7.72. The number of esters is 1. The van der Waals surface area contributed by atoms with Gasteiger partial charge in [-0.3, -0.25) is 0 Å². The SMILES string of the molecule is CCOC(=O)c1c(N)sc(N2CCOCC2)c1CC(C)C. The molecule has 0 aliphatic carbocycles. The van der Waals surface area contributed by atoms with Crippen molar-refractivity contribution in [1.82, 2.24) is 0 Å². The minimum absolute atomic E-state index is 0.304. The molecule has 0 spiro atoms. The van der Waals surface area contributed by atoms with Crippen molar-refractivity contribution >= 4 is 27.3 Å². The Hall–Kier alpha value is -1.27. The summed E-state index contributed by atoms with van der Waals surface area (Å²) in [4.78, 5) is 14.5. The van der Waals surface area contributed by atoms with E-state index < -0.39 is 0 Å². The maximum absolute atomic E-state index is 12.2. The van der Waals surface area contributed by atoms with Gasteiger partial charge < -0.3 is 20.1 Å². The summed E-state index contributed by atoms with van der Waals surface area (Å²) >= 11 is 1.49. The van der Waals surface area contributed by atoms with E-state index in [0.29, 0.717) is 36.3 Å². The van der Waals surface area contributed by atoms with E-state index in [-0.39, 0.29) is 5.97 Å². The standard InChI is InChI=1S/C15H24N2O3S/c1-4-20-15(18)12-11(9-10(2)3)14(21-13(12)16)17-5-7-19-8-6-17/h10H,4-9,16H2,1-3H3. The molecule has 0 radical (unpaired) electrons. The molecule has 1 fully saturated rings. The fourth-order valence-corrected chi connectivity index (χ4v) is 3.66. The van der Waals surface area contributed by atoms with Gasteiger partial charge in [0.25, 0.3) is 0 Å². The van der Waals surface area contributed by atoms with Crippen LogP contribution in [0.5, 0.6) is 0 Å². The van der Waals surface area contributed by atoms with Gasteiger partial charge in [-0.25, -0.2) is 4.79 Å². The van der Waals surface area contributed by atoms with E-state index in [1.807, 2.05) is 6.92 Å². The van der Waals surface area contributed by atoms with Gasteiger partial charge in [0, 0.05) is 18.7 Å². The molecule has 118 valence electrons. The maximum atomic E-state index is 12.2. The second-order valence-electron chi connectivity index (χ2n) is 5.54. The lowest BCUT2D eigenvalue weighted by molar-refractivity contribution is 0.0527. The Bertz CT molecular complexity index is 493. The van der Waals surface area contributed by atoms with Gasteiger partial charge in [0.2, 0.25) is 0 Å². The van der Waals surface area contributed by atoms with E-state index in [2.05, 4.69) is 18.7 Å². The summed E-state index contributed by atoms with van der Waals surface area (Å²) in [6.45, 7) is 9.58. The van der Waals surface area contributed by atoms with Gasteiger partial charge in [-0.05, 0) is 19.3 Å². The van der Waals surface area contributed by atoms with Gasteiger partial charge in [0.05, 0.1) is 30.4 Å². The molecule has 2 heterocycles. The van der Waals surface area contributed by atoms with E-state index >= 15 is 0 Å². The first-order valence-electron chi connectivity index (χ1n) is 7.45. The molecule has 0 atom stereocenters. The smallest absolute Gasteiger partial charge is 0.341 e. The average Bonchev–Trinajstić information content (AvgIpc) is 2.76. The number of rotatable bonds is 5. The van der Waals surface area contributed by atoms with Gasteiger partial charge >= 0.3 is 5.97 Å². The lowest BCUT2D eigenvalue weighted by Gasteiger charge is -2.29. The zero-order valence-corrected chi connectivity index (χ0v) is 13.8. The van der Waals surface area contributed by atoms with Crippen LogP contribution in [0, 0.1) is 5.92 Å². The molecule has 1 saturated heterocycles. The third-order valence-electron chi connectivity index (χ3n) is 3.40. The zero-order chi connectivity index (χ0) is 15.4. The van der Waals surface area contributed by atoms with Crippen molar-refractivity contribution in [3.63, 3.8) is 0 Å². The number of morpholine rings is 1. The molecule has 0 aromatic carbocycles. The van der Waals surface area contributed by atoms with Crippen LogP contribution in [0.15, 0.2) is 0 Å². The van der Waals surface area contributed by atoms with Crippen LogP contribution in [0.3, 0.4) is 0 Å². The molecular formula is C15H24N2O3S. The number of carbonyl (C=O) groups excluding carboxylic acids is 1. The van der Waals surface area contributed by atoms with Crippen LogP contribution < -0.4 is 10.6 Å². The van der Waals surface area contributed by atoms with E-state index in [1.165, 1.54) is 11.3 Å². The number of thiophene rings is 1. The van der Waals surface area contributed by atoms with Crippen molar-refractivity contribution in [2.45, 2.75) is 27.2 Å². The number of nitrogens with zero attached hydrogens (tertiary/aromatic N) is 1. The highest BCUT2D eigenvalue weighted by Crippen LogP contribution is 2.40. The van der Waals surface area contributed by atoms with Gasteiger partial charge in [-0.2, -0.15) is 0 Å². The lowest BCUT2D eigenvalue weighted by atomic mass is 10.0. The van der Waals surface area contributed by atoms with E-state index in [1.54, 1.807) is 0 Å². The van der Waals surface area contributed by atoms with Crippen molar-refractivity contribution in [2.24, 2.45) is 5.92 Å². The predicted molar refractivity (Wildman–Crippen MR) is 86.3 cm³/mol. The van der Waals surface area contributed by atoms with Crippen LogP contribution in [0.25, 0.3) is 0 Å². The average molecular weight is 312 g/mol. The van der Waals surface area contributed by atoms with Crippen LogP contribution in [0.1, 0.15) is 36.7 Å². The molecule has 2 N–H and O–H groups in total.